The van der Waals surface area contributed by atoms with E-state index in [0.29, 0.717) is 5.82 Å². The fourth-order valence-corrected chi connectivity index (χ4v) is 5.88. The third-order valence-corrected chi connectivity index (χ3v) is 7.90. The molecule has 0 radical (unpaired) electrons. The summed E-state index contributed by atoms with van der Waals surface area (Å²) in [6.45, 7) is 0. The van der Waals surface area contributed by atoms with Gasteiger partial charge in [-0.05, 0) is 42.5 Å². The Morgan fingerprint density at radius 3 is 1.67 bits per heavy atom. The number of hydrogen-bond donors (Lipinski definition) is 0. The van der Waals surface area contributed by atoms with Gasteiger partial charge in [-0.25, -0.2) is 9.97 Å². The molecule has 0 bridgehead atoms. The van der Waals surface area contributed by atoms with E-state index < -0.39 is 0 Å². The molecule has 43 heavy (non-hydrogen) atoms. The Kier molecular flexibility index (Phi) is 6.08. The Bertz CT molecular complexity index is 2160. The number of hydrogen-bond acceptors (Lipinski definition) is 3. The van der Waals surface area contributed by atoms with Gasteiger partial charge in [0.2, 0.25) is 0 Å². The lowest BCUT2D eigenvalue weighted by atomic mass is 9.99. The minimum Gasteiger partial charge on any atom is -0.309 e. The van der Waals surface area contributed by atoms with Crippen molar-refractivity contribution >= 4 is 21.8 Å². The SMILES string of the molecule is c1ccc(-c2nc(-c3ccc(-n4c5ccccc5c5ccccc54)cc3)cc(-c3ccccc3-c3ccccn3)n2)cc1. The van der Waals surface area contributed by atoms with Crippen LogP contribution in [0.5, 0.6) is 0 Å². The van der Waals surface area contributed by atoms with Crippen LogP contribution in [0.1, 0.15) is 0 Å². The molecule has 8 aromatic rings. The molecule has 4 heteroatoms. The normalized spacial score (nSPS) is 11.3. The van der Waals surface area contributed by atoms with Gasteiger partial charge in [0.25, 0.3) is 0 Å². The molecule has 4 nitrogen and oxygen atoms in total. The second-order valence-corrected chi connectivity index (χ2v) is 10.5. The maximum atomic E-state index is 5.07. The quantitative estimate of drug-likeness (QED) is 0.214. The van der Waals surface area contributed by atoms with Crippen LogP contribution >= 0.6 is 0 Å². The molecule has 0 amide bonds. The van der Waals surface area contributed by atoms with Gasteiger partial charge >= 0.3 is 0 Å². The number of nitrogens with zero attached hydrogens (tertiary/aromatic N) is 4. The largest absolute Gasteiger partial charge is 0.309 e. The van der Waals surface area contributed by atoms with E-state index in [1.807, 2.05) is 54.7 Å². The number of rotatable bonds is 5. The molecule has 3 heterocycles. The fourth-order valence-electron chi connectivity index (χ4n) is 5.88. The molecule has 0 N–H and O–H groups in total. The van der Waals surface area contributed by atoms with E-state index in [1.54, 1.807) is 0 Å². The van der Waals surface area contributed by atoms with Crippen LogP contribution in [0.2, 0.25) is 0 Å². The van der Waals surface area contributed by atoms with Crippen LogP contribution in [0.25, 0.3) is 72.7 Å². The van der Waals surface area contributed by atoms with Crippen LogP contribution in [0, 0.1) is 0 Å². The summed E-state index contributed by atoms with van der Waals surface area (Å²) < 4.78 is 2.33. The standard InChI is InChI=1S/C39H26N4/c1-2-12-28(13-3-1)39-41-35(26-36(42-39)31-15-5-4-14-30(31)34-18-10-11-25-40-34)27-21-23-29(24-22-27)43-37-19-8-6-16-32(37)33-17-7-9-20-38(33)43/h1-26H. The number of aromatic nitrogens is 4. The van der Waals surface area contributed by atoms with E-state index in [2.05, 4.69) is 113 Å². The zero-order chi connectivity index (χ0) is 28.6. The third-order valence-electron chi connectivity index (χ3n) is 7.90. The van der Waals surface area contributed by atoms with Crippen LogP contribution in [0.3, 0.4) is 0 Å². The van der Waals surface area contributed by atoms with Crippen molar-refractivity contribution in [1.29, 1.82) is 0 Å². The molecule has 0 unspecified atom stereocenters. The highest BCUT2D eigenvalue weighted by Gasteiger charge is 2.15. The first-order valence-electron chi connectivity index (χ1n) is 14.4. The van der Waals surface area contributed by atoms with E-state index in [4.69, 9.17) is 9.97 Å². The second kappa shape index (κ2) is 10.5. The molecule has 0 aliphatic carbocycles. The predicted molar refractivity (Wildman–Crippen MR) is 176 cm³/mol. The van der Waals surface area contributed by atoms with E-state index in [1.165, 1.54) is 21.8 Å². The summed E-state index contributed by atoms with van der Waals surface area (Å²) in [7, 11) is 0. The molecular weight excluding hydrogens is 524 g/mol. The van der Waals surface area contributed by atoms with Crippen LogP contribution in [-0.4, -0.2) is 19.5 Å². The summed E-state index contributed by atoms with van der Waals surface area (Å²) in [6.07, 6.45) is 1.83. The zero-order valence-electron chi connectivity index (χ0n) is 23.3. The van der Waals surface area contributed by atoms with Crippen molar-refractivity contribution in [2.24, 2.45) is 0 Å². The van der Waals surface area contributed by atoms with Crippen molar-refractivity contribution in [3.05, 3.63) is 158 Å². The molecule has 0 aliphatic rings. The summed E-state index contributed by atoms with van der Waals surface area (Å²) in [5.41, 5.74) is 10.2. The molecule has 202 valence electrons. The van der Waals surface area contributed by atoms with Gasteiger partial charge in [-0.2, -0.15) is 0 Å². The fraction of sp³-hybridized carbons (Fsp3) is 0. The Morgan fingerprint density at radius 2 is 1.00 bits per heavy atom. The van der Waals surface area contributed by atoms with Crippen molar-refractivity contribution in [1.82, 2.24) is 19.5 Å². The summed E-state index contributed by atoms with van der Waals surface area (Å²) in [5.74, 6) is 0.690. The van der Waals surface area contributed by atoms with Crippen LogP contribution in [0.4, 0.5) is 0 Å². The van der Waals surface area contributed by atoms with Crippen molar-refractivity contribution < 1.29 is 0 Å². The van der Waals surface area contributed by atoms with Gasteiger partial charge in [0.1, 0.15) is 0 Å². The Labute approximate surface area is 249 Å². The van der Waals surface area contributed by atoms with Crippen LogP contribution in [-0.2, 0) is 0 Å². The highest BCUT2D eigenvalue weighted by atomic mass is 15.0. The highest BCUT2D eigenvalue weighted by molar-refractivity contribution is 6.09. The van der Waals surface area contributed by atoms with Crippen molar-refractivity contribution in [2.75, 3.05) is 0 Å². The van der Waals surface area contributed by atoms with Gasteiger partial charge in [0.05, 0.1) is 28.1 Å². The van der Waals surface area contributed by atoms with E-state index in [9.17, 15) is 0 Å². The number of para-hydroxylation sites is 2. The van der Waals surface area contributed by atoms with E-state index in [0.717, 1.165) is 45.0 Å². The minimum atomic E-state index is 0.690. The molecule has 0 atom stereocenters. The molecule has 0 saturated carbocycles. The number of pyridine rings is 1. The predicted octanol–water partition coefficient (Wildman–Crippen LogP) is 9.64. The number of benzene rings is 5. The summed E-state index contributed by atoms with van der Waals surface area (Å²) in [6, 6.07) is 52.4. The smallest absolute Gasteiger partial charge is 0.160 e. The topological polar surface area (TPSA) is 43.6 Å². The average Bonchev–Trinajstić information content (AvgIpc) is 3.43. The molecule has 0 spiro atoms. The van der Waals surface area contributed by atoms with Gasteiger partial charge in [-0.1, -0.05) is 109 Å². The Balaban J connectivity index is 1.28. The summed E-state index contributed by atoms with van der Waals surface area (Å²) in [4.78, 5) is 14.8. The average molecular weight is 551 g/mol. The molecule has 8 rings (SSSR count). The zero-order valence-corrected chi connectivity index (χ0v) is 23.3. The first kappa shape index (κ1) is 24.9. The number of fused-ring (bicyclic) bond motifs is 3. The van der Waals surface area contributed by atoms with Crippen molar-refractivity contribution in [2.45, 2.75) is 0 Å². The molecule has 3 aromatic heterocycles. The molecule has 5 aromatic carbocycles. The van der Waals surface area contributed by atoms with Crippen molar-refractivity contribution in [3.63, 3.8) is 0 Å². The lowest BCUT2D eigenvalue weighted by Gasteiger charge is -2.13. The van der Waals surface area contributed by atoms with Crippen LogP contribution < -0.4 is 0 Å². The highest BCUT2D eigenvalue weighted by Crippen LogP contribution is 2.35. The van der Waals surface area contributed by atoms with Crippen LogP contribution in [0.15, 0.2) is 158 Å². The maximum absolute atomic E-state index is 5.07. The lowest BCUT2D eigenvalue weighted by molar-refractivity contribution is 1.17. The molecule has 0 saturated heterocycles. The van der Waals surface area contributed by atoms with Gasteiger partial charge in [0, 0.05) is 44.9 Å². The van der Waals surface area contributed by atoms with E-state index >= 15 is 0 Å². The first-order valence-corrected chi connectivity index (χ1v) is 14.4. The third kappa shape index (κ3) is 4.46. The summed E-state index contributed by atoms with van der Waals surface area (Å²) in [5, 5.41) is 2.50. The Morgan fingerprint density at radius 1 is 0.419 bits per heavy atom. The van der Waals surface area contributed by atoms with Gasteiger partial charge in [0.15, 0.2) is 5.82 Å². The molecule has 0 fully saturated rings. The maximum Gasteiger partial charge on any atom is 0.160 e. The second-order valence-electron chi connectivity index (χ2n) is 10.5. The van der Waals surface area contributed by atoms with E-state index in [-0.39, 0.29) is 0 Å². The van der Waals surface area contributed by atoms with Gasteiger partial charge in [-0.15, -0.1) is 0 Å². The first-order chi connectivity index (χ1) is 21.3. The monoisotopic (exact) mass is 550 g/mol. The summed E-state index contributed by atoms with van der Waals surface area (Å²) >= 11 is 0. The van der Waals surface area contributed by atoms with Gasteiger partial charge < -0.3 is 4.57 Å². The molecular formula is C39H26N4. The Hall–Kier alpha value is -5.87. The minimum absolute atomic E-state index is 0.690. The lowest BCUT2D eigenvalue weighted by Crippen LogP contribution is -1.98. The molecule has 0 aliphatic heterocycles. The van der Waals surface area contributed by atoms with Gasteiger partial charge in [-0.3, -0.25) is 4.98 Å². The van der Waals surface area contributed by atoms with Crippen molar-refractivity contribution in [3.8, 4) is 50.8 Å².